The first-order chi connectivity index (χ1) is 24.1. The molecule has 1 aromatic heterocycles. The van der Waals surface area contributed by atoms with Crippen LogP contribution in [0, 0.1) is 17.7 Å². The third kappa shape index (κ3) is 7.28. The Morgan fingerprint density at radius 2 is 1.32 bits per heavy atom. The highest BCUT2D eigenvalue weighted by Gasteiger charge is 2.55. The van der Waals surface area contributed by atoms with Crippen LogP contribution in [0.15, 0.2) is 24.4 Å². The summed E-state index contributed by atoms with van der Waals surface area (Å²) in [4.78, 5) is 63.3. The van der Waals surface area contributed by atoms with Crippen molar-refractivity contribution in [3.63, 3.8) is 0 Å². The highest BCUT2D eigenvalue weighted by Crippen LogP contribution is 2.45. The molecule has 2 aromatic rings. The molecule has 1 aromatic carbocycles. The molecule has 2 aliphatic carbocycles. The first-order valence-corrected chi connectivity index (χ1v) is 19.0. The van der Waals surface area contributed by atoms with E-state index in [1.165, 1.54) is 12.1 Å². The third-order valence-corrected chi connectivity index (χ3v) is 12.3. The van der Waals surface area contributed by atoms with E-state index in [0.717, 1.165) is 75.2 Å². The fourth-order valence-electron chi connectivity index (χ4n) is 9.17. The molecular formula is C38H56FN7O4. The Kier molecular flexibility index (Phi) is 11.5. The number of likely N-dealkylation sites (N-methyl/N-ethyl adjacent to an activating group) is 2. The van der Waals surface area contributed by atoms with Crippen molar-refractivity contribution in [2.45, 2.75) is 127 Å². The molecule has 4 fully saturated rings. The molecule has 2 aliphatic heterocycles. The molecule has 11 nitrogen and oxygen atoms in total. The van der Waals surface area contributed by atoms with Crippen LogP contribution in [0.3, 0.4) is 0 Å². The van der Waals surface area contributed by atoms with E-state index in [9.17, 15) is 23.6 Å². The van der Waals surface area contributed by atoms with Crippen molar-refractivity contribution in [2.75, 3.05) is 27.2 Å². The average Bonchev–Trinajstić information content (AvgIpc) is 3.86. The van der Waals surface area contributed by atoms with E-state index in [2.05, 4.69) is 26.3 Å². The second-order valence-electron chi connectivity index (χ2n) is 15.2. The minimum absolute atomic E-state index is 0.0389. The highest BCUT2D eigenvalue weighted by molar-refractivity contribution is 5.92. The Labute approximate surface area is 295 Å². The molecule has 5 N–H and O–H groups in total. The molecule has 0 radical (unpaired) electrons. The van der Waals surface area contributed by atoms with Crippen LogP contribution in [0.5, 0.6) is 0 Å². The van der Waals surface area contributed by atoms with E-state index < -0.39 is 24.2 Å². The minimum Gasteiger partial charge on any atom is -0.361 e. The predicted octanol–water partition coefficient (Wildman–Crippen LogP) is 3.55. The summed E-state index contributed by atoms with van der Waals surface area (Å²) in [7, 11) is 3.47. The van der Waals surface area contributed by atoms with Gasteiger partial charge >= 0.3 is 0 Å². The number of amides is 4. The molecule has 7 atom stereocenters. The number of fused-ring (bicyclic) bond motifs is 2. The van der Waals surface area contributed by atoms with E-state index in [-0.39, 0.29) is 59.3 Å². The molecule has 4 amide bonds. The van der Waals surface area contributed by atoms with Gasteiger partial charge in [-0.1, -0.05) is 38.5 Å². The van der Waals surface area contributed by atoms with E-state index in [0.29, 0.717) is 25.0 Å². The molecule has 274 valence electrons. The lowest BCUT2D eigenvalue weighted by atomic mass is 9.82. The van der Waals surface area contributed by atoms with Gasteiger partial charge in [0, 0.05) is 36.1 Å². The average molecular weight is 694 g/mol. The Morgan fingerprint density at radius 3 is 1.86 bits per heavy atom. The summed E-state index contributed by atoms with van der Waals surface area (Å²) < 4.78 is 14.3. The maximum Gasteiger partial charge on any atom is 0.245 e. The number of hydrogen-bond donors (Lipinski definition) is 5. The van der Waals surface area contributed by atoms with Gasteiger partial charge in [0.25, 0.3) is 0 Å². The summed E-state index contributed by atoms with van der Waals surface area (Å²) in [6, 6.07) is 1.89. The molecule has 2 saturated carbocycles. The lowest BCUT2D eigenvalue weighted by Crippen LogP contribution is -2.58. The molecule has 2 saturated heterocycles. The normalized spacial score (nSPS) is 25.6. The second kappa shape index (κ2) is 15.8. The van der Waals surface area contributed by atoms with Crippen molar-refractivity contribution in [3.05, 3.63) is 35.8 Å². The van der Waals surface area contributed by atoms with Gasteiger partial charge in [-0.15, -0.1) is 0 Å². The minimum atomic E-state index is -0.655. The number of rotatable bonds is 11. The first-order valence-electron chi connectivity index (χ1n) is 19.0. The van der Waals surface area contributed by atoms with Crippen LogP contribution in [0.2, 0.25) is 0 Å². The number of nitrogens with one attached hydrogen (secondary N) is 5. The molecule has 0 spiro atoms. The predicted molar refractivity (Wildman–Crippen MR) is 191 cm³/mol. The van der Waals surface area contributed by atoms with Crippen LogP contribution in [0.1, 0.15) is 96.0 Å². The van der Waals surface area contributed by atoms with Crippen molar-refractivity contribution >= 4 is 34.5 Å². The zero-order valence-corrected chi connectivity index (χ0v) is 30.1. The van der Waals surface area contributed by atoms with E-state index in [4.69, 9.17) is 0 Å². The van der Waals surface area contributed by atoms with Crippen molar-refractivity contribution in [1.29, 1.82) is 0 Å². The van der Waals surface area contributed by atoms with Crippen LogP contribution in [0.25, 0.3) is 10.9 Å². The zero-order valence-electron chi connectivity index (χ0n) is 30.1. The summed E-state index contributed by atoms with van der Waals surface area (Å²) in [5.74, 6) is -1.09. The SMILES string of the molecule is CN[C@@H](C)C(=O)N[C@H](C(=O)N1CC[C@@H]2[C@H]1[C@@H](c1c[nH]c3cc(F)ccc13)CN2C(=O)[C@@H](NC(=O)[C@H](C)NC)C1CCCCC1)C1CCCCC1. The van der Waals surface area contributed by atoms with Crippen molar-refractivity contribution in [1.82, 2.24) is 36.1 Å². The number of hydrogen-bond acceptors (Lipinski definition) is 6. The van der Waals surface area contributed by atoms with E-state index in [1.54, 1.807) is 34.0 Å². The Hall–Kier alpha value is -3.51. The van der Waals surface area contributed by atoms with Crippen LogP contribution in [-0.4, -0.2) is 102 Å². The third-order valence-electron chi connectivity index (χ3n) is 12.3. The van der Waals surface area contributed by atoms with Crippen LogP contribution in [-0.2, 0) is 19.2 Å². The Morgan fingerprint density at radius 1 is 0.780 bits per heavy atom. The Balaban J connectivity index is 1.36. The number of nitrogens with zero attached hydrogens (tertiary/aromatic N) is 2. The van der Waals surface area contributed by atoms with Gasteiger partial charge in [-0.25, -0.2) is 4.39 Å². The van der Waals surface area contributed by atoms with E-state index in [1.807, 2.05) is 16.0 Å². The van der Waals surface area contributed by atoms with Gasteiger partial charge in [0.1, 0.15) is 17.9 Å². The zero-order chi connectivity index (χ0) is 35.5. The quantitative estimate of drug-likeness (QED) is 0.244. The highest BCUT2D eigenvalue weighted by atomic mass is 19.1. The topological polar surface area (TPSA) is 139 Å². The number of carbonyl (C=O) groups excluding carboxylic acids is 4. The molecule has 50 heavy (non-hydrogen) atoms. The first kappa shape index (κ1) is 36.3. The summed E-state index contributed by atoms with van der Waals surface area (Å²) in [6.07, 6.45) is 12.3. The summed E-state index contributed by atoms with van der Waals surface area (Å²) in [6.45, 7) is 4.42. The summed E-state index contributed by atoms with van der Waals surface area (Å²) in [5.41, 5.74) is 1.60. The molecular weight excluding hydrogens is 637 g/mol. The molecule has 0 bridgehead atoms. The van der Waals surface area contributed by atoms with Crippen LogP contribution < -0.4 is 21.3 Å². The monoisotopic (exact) mass is 693 g/mol. The molecule has 6 rings (SSSR count). The fourth-order valence-corrected chi connectivity index (χ4v) is 9.17. The number of carbonyl (C=O) groups is 4. The van der Waals surface area contributed by atoms with Gasteiger partial charge in [-0.2, -0.15) is 0 Å². The van der Waals surface area contributed by atoms with Gasteiger partial charge < -0.3 is 36.1 Å². The molecule has 0 unspecified atom stereocenters. The van der Waals surface area contributed by atoms with Gasteiger partial charge in [0.2, 0.25) is 23.6 Å². The molecule has 12 heteroatoms. The van der Waals surface area contributed by atoms with Crippen molar-refractivity contribution < 1.29 is 23.6 Å². The van der Waals surface area contributed by atoms with E-state index >= 15 is 0 Å². The number of halogens is 1. The Bertz CT molecular complexity index is 1480. The van der Waals surface area contributed by atoms with Gasteiger partial charge in [-0.05, 0) is 95.6 Å². The maximum atomic E-state index is 14.8. The number of aromatic nitrogens is 1. The fraction of sp³-hybridized carbons (Fsp3) is 0.684. The summed E-state index contributed by atoms with van der Waals surface area (Å²) >= 11 is 0. The van der Waals surface area contributed by atoms with Crippen molar-refractivity contribution in [3.8, 4) is 0 Å². The lowest BCUT2D eigenvalue weighted by molar-refractivity contribution is -0.141. The lowest BCUT2D eigenvalue weighted by Gasteiger charge is -2.37. The smallest absolute Gasteiger partial charge is 0.245 e. The van der Waals surface area contributed by atoms with Crippen LogP contribution in [0.4, 0.5) is 4.39 Å². The van der Waals surface area contributed by atoms with Gasteiger partial charge in [-0.3, -0.25) is 19.2 Å². The summed E-state index contributed by atoms with van der Waals surface area (Å²) in [5, 5.41) is 13.1. The number of aromatic amines is 1. The number of likely N-dealkylation sites (tertiary alicyclic amines) is 2. The maximum absolute atomic E-state index is 14.8. The second-order valence-corrected chi connectivity index (χ2v) is 15.2. The van der Waals surface area contributed by atoms with Crippen LogP contribution >= 0.6 is 0 Å². The largest absolute Gasteiger partial charge is 0.361 e. The number of H-pyrrole nitrogens is 1. The van der Waals surface area contributed by atoms with Crippen molar-refractivity contribution in [2.24, 2.45) is 11.8 Å². The van der Waals surface area contributed by atoms with Gasteiger partial charge in [0.15, 0.2) is 0 Å². The standard InChI is InChI=1S/C38H56FN7O4/c1-22(40-3)35(47)43-32(24-11-7-5-8-12-24)37(49)45-18-17-31-34(45)29(28-20-42-30-19-26(39)15-16-27(28)30)21-46(31)38(50)33(25-13-9-6-10-14-25)44-36(48)23(2)41-4/h15-16,19-20,22-25,29,31-34,40-42H,5-14,17-18,21H2,1-4H3,(H,43,47)(H,44,48)/t22-,23-,29+,31+,32-,33-,34+/m0/s1. The molecule has 4 aliphatic rings. The molecule has 3 heterocycles. The number of benzene rings is 1. The van der Waals surface area contributed by atoms with Gasteiger partial charge in [0.05, 0.1) is 24.2 Å².